The Balaban J connectivity index is 1.96. The molecule has 0 aliphatic carbocycles. The normalized spacial score (nSPS) is 18.6. The zero-order valence-corrected chi connectivity index (χ0v) is 12.8. The van der Waals surface area contributed by atoms with E-state index in [1.54, 1.807) is 0 Å². The molecule has 0 aromatic heterocycles. The van der Waals surface area contributed by atoms with Gasteiger partial charge in [-0.05, 0) is 31.5 Å². The quantitative estimate of drug-likeness (QED) is 0.885. The topological polar surface area (TPSA) is 41.1 Å². The van der Waals surface area contributed by atoms with Crippen LogP contribution in [0.25, 0.3) is 0 Å². The Hall–Kier alpha value is -1.35. The van der Waals surface area contributed by atoms with E-state index in [4.69, 9.17) is 0 Å². The van der Waals surface area contributed by atoms with Gasteiger partial charge in [0.1, 0.15) is 0 Å². The van der Waals surface area contributed by atoms with Crippen LogP contribution in [-0.4, -0.2) is 25.5 Å². The van der Waals surface area contributed by atoms with E-state index in [9.17, 15) is 4.79 Å². The van der Waals surface area contributed by atoms with Crippen LogP contribution >= 0.6 is 0 Å². The molecule has 3 heteroatoms. The highest BCUT2D eigenvalue weighted by atomic mass is 16.2. The predicted molar refractivity (Wildman–Crippen MR) is 82.7 cm³/mol. The number of amides is 1. The summed E-state index contributed by atoms with van der Waals surface area (Å²) in [7, 11) is 0. The molecule has 1 aliphatic rings. The van der Waals surface area contributed by atoms with E-state index in [0.29, 0.717) is 6.54 Å². The van der Waals surface area contributed by atoms with E-state index in [1.165, 1.54) is 5.56 Å². The maximum Gasteiger partial charge on any atom is 0.226 e. The van der Waals surface area contributed by atoms with Crippen LogP contribution in [0.2, 0.25) is 0 Å². The van der Waals surface area contributed by atoms with Crippen molar-refractivity contribution in [2.75, 3.05) is 19.6 Å². The molecule has 1 aromatic carbocycles. The Bertz CT molecular complexity index is 447. The smallest absolute Gasteiger partial charge is 0.226 e. The Labute approximate surface area is 122 Å². The molecule has 2 N–H and O–H groups in total. The molecular formula is C17H26N2O. The summed E-state index contributed by atoms with van der Waals surface area (Å²) in [6.07, 6.45) is 1.84. The fraction of sp³-hybridized carbons (Fsp3) is 0.588. The molecular weight excluding hydrogens is 248 g/mol. The molecule has 1 heterocycles. The summed E-state index contributed by atoms with van der Waals surface area (Å²) in [5, 5.41) is 6.48. The monoisotopic (exact) mass is 274 g/mol. The zero-order valence-electron chi connectivity index (χ0n) is 12.8. The molecule has 1 amide bonds. The van der Waals surface area contributed by atoms with Gasteiger partial charge in [0.05, 0.1) is 0 Å². The number of hydrogen-bond donors (Lipinski definition) is 2. The lowest BCUT2D eigenvalue weighted by atomic mass is 9.79. The van der Waals surface area contributed by atoms with Gasteiger partial charge in [-0.1, -0.05) is 51.1 Å². The molecule has 0 bridgehead atoms. The van der Waals surface area contributed by atoms with E-state index in [0.717, 1.165) is 25.9 Å². The molecule has 2 rings (SSSR count). The molecule has 1 saturated heterocycles. The first-order chi connectivity index (χ1) is 9.44. The maximum absolute atomic E-state index is 12.5. The van der Waals surface area contributed by atoms with Crippen molar-refractivity contribution >= 4 is 5.91 Å². The van der Waals surface area contributed by atoms with Crippen LogP contribution in [0, 0.1) is 5.41 Å². The number of rotatable bonds is 4. The van der Waals surface area contributed by atoms with Gasteiger partial charge in [-0.2, -0.15) is 0 Å². The standard InChI is InChI=1S/C17H26N2O/c1-16(2,14-7-5-4-6-8-14)13-19-15(20)17(3)9-11-18-12-10-17/h4-8,18H,9-13H2,1-3H3,(H,19,20). The van der Waals surface area contributed by atoms with Gasteiger partial charge in [-0.15, -0.1) is 0 Å². The average molecular weight is 274 g/mol. The van der Waals surface area contributed by atoms with Gasteiger partial charge in [0, 0.05) is 17.4 Å². The minimum Gasteiger partial charge on any atom is -0.355 e. The van der Waals surface area contributed by atoms with Crippen molar-refractivity contribution in [3.8, 4) is 0 Å². The fourth-order valence-corrected chi connectivity index (χ4v) is 2.71. The largest absolute Gasteiger partial charge is 0.355 e. The number of hydrogen-bond acceptors (Lipinski definition) is 2. The number of benzene rings is 1. The van der Waals surface area contributed by atoms with E-state index < -0.39 is 0 Å². The van der Waals surface area contributed by atoms with Gasteiger partial charge < -0.3 is 10.6 Å². The molecule has 0 radical (unpaired) electrons. The van der Waals surface area contributed by atoms with Gasteiger partial charge in [-0.25, -0.2) is 0 Å². The third-order valence-corrected chi connectivity index (χ3v) is 4.50. The second-order valence-corrected chi connectivity index (χ2v) is 6.74. The predicted octanol–water partition coefficient (Wildman–Crippen LogP) is 2.47. The summed E-state index contributed by atoms with van der Waals surface area (Å²) in [6, 6.07) is 10.4. The number of carbonyl (C=O) groups excluding carboxylic acids is 1. The maximum atomic E-state index is 12.5. The lowest BCUT2D eigenvalue weighted by Crippen LogP contribution is -2.48. The van der Waals surface area contributed by atoms with E-state index in [1.807, 2.05) is 18.2 Å². The molecule has 0 spiro atoms. The van der Waals surface area contributed by atoms with Crippen LogP contribution in [0.4, 0.5) is 0 Å². The van der Waals surface area contributed by atoms with Gasteiger partial charge >= 0.3 is 0 Å². The molecule has 110 valence electrons. The van der Waals surface area contributed by atoms with Crippen molar-refractivity contribution in [3.63, 3.8) is 0 Å². The van der Waals surface area contributed by atoms with Crippen LogP contribution in [0.1, 0.15) is 39.2 Å². The van der Waals surface area contributed by atoms with Crippen molar-refractivity contribution in [1.29, 1.82) is 0 Å². The van der Waals surface area contributed by atoms with E-state index in [2.05, 4.69) is 43.5 Å². The lowest BCUT2D eigenvalue weighted by molar-refractivity contribution is -0.131. The highest BCUT2D eigenvalue weighted by Crippen LogP contribution is 2.29. The number of carbonyl (C=O) groups is 1. The zero-order chi connectivity index (χ0) is 14.6. The SMILES string of the molecule is CC1(C(=O)NCC(C)(C)c2ccccc2)CCNCC1. The molecule has 3 nitrogen and oxygen atoms in total. The molecule has 0 unspecified atom stereocenters. The Morgan fingerprint density at radius 3 is 2.45 bits per heavy atom. The van der Waals surface area contributed by atoms with Crippen LogP contribution < -0.4 is 10.6 Å². The molecule has 1 fully saturated rings. The molecule has 0 saturated carbocycles. The number of piperidine rings is 1. The third kappa shape index (κ3) is 3.40. The van der Waals surface area contributed by atoms with Crippen molar-refractivity contribution in [1.82, 2.24) is 10.6 Å². The van der Waals surface area contributed by atoms with E-state index >= 15 is 0 Å². The van der Waals surface area contributed by atoms with Crippen LogP contribution in [0.3, 0.4) is 0 Å². The molecule has 1 aliphatic heterocycles. The minimum absolute atomic E-state index is 0.0415. The van der Waals surface area contributed by atoms with Crippen LogP contribution in [0.15, 0.2) is 30.3 Å². The average Bonchev–Trinajstić information content (AvgIpc) is 2.46. The minimum atomic E-state index is -0.210. The highest BCUT2D eigenvalue weighted by molar-refractivity contribution is 5.82. The van der Waals surface area contributed by atoms with Crippen LogP contribution in [-0.2, 0) is 10.2 Å². The Morgan fingerprint density at radius 1 is 1.25 bits per heavy atom. The first kappa shape index (κ1) is 15.0. The molecule has 20 heavy (non-hydrogen) atoms. The molecule has 0 atom stereocenters. The summed E-state index contributed by atoms with van der Waals surface area (Å²) in [5.74, 6) is 0.197. The Kier molecular flexibility index (Phi) is 4.48. The summed E-state index contributed by atoms with van der Waals surface area (Å²) in [5.41, 5.74) is 1.01. The highest BCUT2D eigenvalue weighted by Gasteiger charge is 2.35. The second-order valence-electron chi connectivity index (χ2n) is 6.74. The van der Waals surface area contributed by atoms with Crippen molar-refractivity contribution in [2.45, 2.75) is 39.0 Å². The van der Waals surface area contributed by atoms with Crippen LogP contribution in [0.5, 0.6) is 0 Å². The van der Waals surface area contributed by atoms with Crippen molar-refractivity contribution in [3.05, 3.63) is 35.9 Å². The second kappa shape index (κ2) is 5.96. The lowest BCUT2D eigenvalue weighted by Gasteiger charge is -2.34. The van der Waals surface area contributed by atoms with E-state index in [-0.39, 0.29) is 16.7 Å². The van der Waals surface area contributed by atoms with Gasteiger partial charge in [0.15, 0.2) is 0 Å². The fourth-order valence-electron chi connectivity index (χ4n) is 2.71. The first-order valence-corrected chi connectivity index (χ1v) is 7.49. The van der Waals surface area contributed by atoms with Crippen molar-refractivity contribution < 1.29 is 4.79 Å². The number of nitrogens with one attached hydrogen (secondary N) is 2. The van der Waals surface area contributed by atoms with Gasteiger partial charge in [-0.3, -0.25) is 4.79 Å². The van der Waals surface area contributed by atoms with Crippen molar-refractivity contribution in [2.24, 2.45) is 5.41 Å². The third-order valence-electron chi connectivity index (χ3n) is 4.50. The Morgan fingerprint density at radius 2 is 1.85 bits per heavy atom. The summed E-state index contributed by atoms with van der Waals surface area (Å²) in [6.45, 7) is 8.98. The summed E-state index contributed by atoms with van der Waals surface area (Å²) >= 11 is 0. The van der Waals surface area contributed by atoms with Gasteiger partial charge in [0.2, 0.25) is 5.91 Å². The summed E-state index contributed by atoms with van der Waals surface area (Å²) < 4.78 is 0. The van der Waals surface area contributed by atoms with Gasteiger partial charge in [0.25, 0.3) is 0 Å². The molecule has 1 aromatic rings. The first-order valence-electron chi connectivity index (χ1n) is 7.49. The summed E-state index contributed by atoms with van der Waals surface area (Å²) in [4.78, 5) is 12.5.